The summed E-state index contributed by atoms with van der Waals surface area (Å²) in [6, 6.07) is 0. The number of alkyl halides is 9. The quantitative estimate of drug-likeness (QED) is 0.228. The van der Waals surface area contributed by atoms with E-state index in [2.05, 4.69) is 0 Å². The summed E-state index contributed by atoms with van der Waals surface area (Å²) in [6.45, 7) is 6.84. The van der Waals surface area contributed by atoms with Gasteiger partial charge in [0.25, 0.3) is 0 Å². The van der Waals surface area contributed by atoms with Crippen molar-refractivity contribution in [3.8, 4) is 0 Å². The van der Waals surface area contributed by atoms with E-state index in [9.17, 15) is 39.5 Å². The number of rotatable bonds is 8. The van der Waals surface area contributed by atoms with Crippen LogP contribution in [-0.2, 0) is 9.22 Å². The topological polar surface area (TPSA) is 27.7 Å². The zero-order valence-electron chi connectivity index (χ0n) is 18.3. The van der Waals surface area contributed by atoms with Gasteiger partial charge < -0.3 is 0 Å². The van der Waals surface area contributed by atoms with Crippen molar-refractivity contribution in [2.75, 3.05) is 0 Å². The molecule has 0 aliphatic heterocycles. The molecule has 0 heterocycles. The van der Waals surface area contributed by atoms with Crippen LogP contribution in [0.15, 0.2) is 0 Å². The van der Waals surface area contributed by atoms with Crippen molar-refractivity contribution in [1.82, 2.24) is 0 Å². The van der Waals surface area contributed by atoms with Gasteiger partial charge in [-0.15, -0.1) is 0 Å². The second kappa shape index (κ2) is 8.44. The van der Waals surface area contributed by atoms with E-state index in [1.54, 1.807) is 0 Å². The molecule has 0 aromatic carbocycles. The van der Waals surface area contributed by atoms with E-state index in [0.717, 1.165) is 0 Å². The van der Waals surface area contributed by atoms with Gasteiger partial charge in [-0.1, -0.05) is 0 Å². The molecule has 0 aliphatic carbocycles. The van der Waals surface area contributed by atoms with E-state index in [0.29, 0.717) is 41.5 Å². The molecule has 13 heteroatoms. The van der Waals surface area contributed by atoms with Gasteiger partial charge in [0.2, 0.25) is 0 Å². The number of hydrogen-bond donors (Lipinski definition) is 0. The van der Waals surface area contributed by atoms with Gasteiger partial charge in [0.15, 0.2) is 0 Å². The molecule has 0 aliphatic rings. The summed E-state index contributed by atoms with van der Waals surface area (Å²) >= 11 is -6.46. The maximum atomic E-state index is 13.5. The van der Waals surface area contributed by atoms with Crippen LogP contribution in [-0.4, -0.2) is 55.0 Å². The molecular weight excluding hydrogens is 542 g/mol. The van der Waals surface area contributed by atoms with Crippen molar-refractivity contribution < 1.29 is 48.7 Å². The van der Waals surface area contributed by atoms with Crippen molar-refractivity contribution in [2.24, 2.45) is 0 Å². The fraction of sp³-hybridized carbons (Fsp3) is 1.00. The molecule has 0 saturated carbocycles. The van der Waals surface area contributed by atoms with Crippen LogP contribution in [0.5, 0.6) is 0 Å². The van der Waals surface area contributed by atoms with Gasteiger partial charge in [-0.3, -0.25) is 0 Å². The molecule has 3 nitrogen and oxygen atoms in total. The molecule has 0 atom stereocenters. The molecule has 0 rings (SSSR count). The Kier molecular flexibility index (Phi) is 8.45. The minimum atomic E-state index is -6.46. The summed E-state index contributed by atoms with van der Waals surface area (Å²) < 4.78 is 136. The Morgan fingerprint density at radius 2 is 0.700 bits per heavy atom. The Bertz CT molecular complexity index is 521. The van der Waals surface area contributed by atoms with Crippen LogP contribution in [0.25, 0.3) is 0 Å². The molecule has 0 bridgehead atoms. The molecule has 182 valence electrons. The second-order valence-corrected chi connectivity index (χ2v) is 17.9. The summed E-state index contributed by atoms with van der Waals surface area (Å²) in [5.74, 6) is 0. The Morgan fingerprint density at radius 3 is 0.833 bits per heavy atom. The Morgan fingerprint density at radius 1 is 0.500 bits per heavy atom. The first-order valence-electron chi connectivity index (χ1n) is 8.99. The first kappa shape index (κ1) is 30.0. The maximum absolute atomic E-state index is 13.5. The van der Waals surface area contributed by atoms with Gasteiger partial charge in [-0.05, 0) is 0 Å². The Hall–Kier alpha value is 0.0487. The normalized spacial score (nSPS) is 16.2. The first-order chi connectivity index (χ1) is 12.7. The minimum absolute atomic E-state index is 0.154. The van der Waals surface area contributed by atoms with Gasteiger partial charge in [-0.2, -0.15) is 0 Å². The average molecular weight is 571 g/mol. The summed E-state index contributed by atoms with van der Waals surface area (Å²) in [6.07, 6.45) is -15.5. The zero-order chi connectivity index (χ0) is 24.8. The van der Waals surface area contributed by atoms with E-state index < -0.39 is 58.4 Å². The third-order valence-electron chi connectivity index (χ3n) is 4.93. The van der Waals surface area contributed by atoms with E-state index in [4.69, 9.17) is 9.22 Å². The van der Waals surface area contributed by atoms with Crippen LogP contribution in [0, 0.1) is 0 Å². The van der Waals surface area contributed by atoms with Crippen LogP contribution in [0.2, 0.25) is 3.43 Å². The van der Waals surface area contributed by atoms with Crippen LogP contribution in [0.4, 0.5) is 39.5 Å². The fourth-order valence-electron chi connectivity index (χ4n) is 1.87. The molecular formula is C17H29F9O3Sn. The molecule has 0 unspecified atom stereocenters. The summed E-state index contributed by atoms with van der Waals surface area (Å²) in [4.78, 5) is 0. The van der Waals surface area contributed by atoms with Crippen LogP contribution in [0.3, 0.4) is 0 Å². The van der Waals surface area contributed by atoms with Gasteiger partial charge in [0, 0.05) is 0 Å². The second-order valence-electron chi connectivity index (χ2n) is 9.12. The van der Waals surface area contributed by atoms with Crippen LogP contribution < -0.4 is 0 Å². The molecule has 30 heavy (non-hydrogen) atoms. The first-order valence-corrected chi connectivity index (χ1v) is 13.9. The van der Waals surface area contributed by atoms with E-state index in [-0.39, 0.29) is 6.42 Å². The van der Waals surface area contributed by atoms with Crippen LogP contribution >= 0.6 is 0 Å². The fourth-order valence-corrected chi connectivity index (χ4v) is 12.6. The SMILES string of the molecule is CC[C](C)(C)[Sn]([O]C(C)(C)C(F)(F)F)([O]C(C)(C)C(F)(F)F)[O]C(C)(C)C(F)(F)F. The predicted octanol–water partition coefficient (Wildman–Crippen LogP) is 7.19. The molecule has 0 aromatic heterocycles. The summed E-state index contributed by atoms with van der Waals surface area (Å²) in [7, 11) is 0. The monoisotopic (exact) mass is 572 g/mol. The standard InChI is InChI=1S/C5H11.3C4H6F3O.Sn/c1-4-5(2)3;3*1-3(2,8)4(5,6)7;/h4H2,1-3H3;3*1-2H3;/q;3*-1;+3. The van der Waals surface area contributed by atoms with E-state index >= 15 is 0 Å². The average Bonchev–Trinajstić information content (AvgIpc) is 2.41. The third-order valence-corrected chi connectivity index (χ3v) is 17.3. The summed E-state index contributed by atoms with van der Waals surface area (Å²) in [5.41, 5.74) is -9.38. The van der Waals surface area contributed by atoms with Crippen molar-refractivity contribution in [3.63, 3.8) is 0 Å². The van der Waals surface area contributed by atoms with E-state index in [1.807, 2.05) is 0 Å². The third kappa shape index (κ3) is 6.31. The molecule has 0 saturated heterocycles. The summed E-state index contributed by atoms with van der Waals surface area (Å²) in [5, 5.41) is 0. The molecule has 0 radical (unpaired) electrons. The van der Waals surface area contributed by atoms with Gasteiger partial charge in [0.1, 0.15) is 0 Å². The van der Waals surface area contributed by atoms with Crippen molar-refractivity contribution in [2.45, 2.75) is 107 Å². The Labute approximate surface area is 176 Å². The molecule has 0 amide bonds. The molecule has 0 aromatic rings. The van der Waals surface area contributed by atoms with Gasteiger partial charge in [0.05, 0.1) is 0 Å². The predicted molar refractivity (Wildman–Crippen MR) is 93.7 cm³/mol. The van der Waals surface area contributed by atoms with Crippen LogP contribution in [0.1, 0.15) is 68.7 Å². The molecule has 0 N–H and O–H groups in total. The van der Waals surface area contributed by atoms with Crippen molar-refractivity contribution >= 4 is 19.6 Å². The molecule has 0 spiro atoms. The van der Waals surface area contributed by atoms with Crippen molar-refractivity contribution in [3.05, 3.63) is 0 Å². The number of halogens is 9. The zero-order valence-corrected chi connectivity index (χ0v) is 21.2. The van der Waals surface area contributed by atoms with Gasteiger partial charge in [-0.25, -0.2) is 0 Å². The van der Waals surface area contributed by atoms with E-state index in [1.165, 1.54) is 20.8 Å². The van der Waals surface area contributed by atoms with Crippen molar-refractivity contribution in [1.29, 1.82) is 0 Å². The van der Waals surface area contributed by atoms with Gasteiger partial charge >= 0.3 is 176 Å². The molecule has 0 fully saturated rings. The number of hydrogen-bond acceptors (Lipinski definition) is 3. The Balaban J connectivity index is 6.97.